The maximum Gasteiger partial charge on any atom is 0.0483 e. The molecule has 0 spiro atoms. The molecule has 2 heterocycles. The van der Waals surface area contributed by atoms with Crippen LogP contribution < -0.4 is 5.32 Å². The van der Waals surface area contributed by atoms with Crippen LogP contribution >= 0.6 is 0 Å². The first-order valence-corrected chi connectivity index (χ1v) is 6.49. The van der Waals surface area contributed by atoms with Gasteiger partial charge in [-0.15, -0.1) is 0 Å². The average Bonchev–Trinajstić information content (AvgIpc) is 2.64. The molecule has 2 nitrogen and oxygen atoms in total. The van der Waals surface area contributed by atoms with Crippen LogP contribution in [0.25, 0.3) is 10.9 Å². The predicted octanol–water partition coefficient (Wildman–Crippen LogP) is 2.95. The van der Waals surface area contributed by atoms with Gasteiger partial charge in [0.05, 0.1) is 0 Å². The summed E-state index contributed by atoms with van der Waals surface area (Å²) in [4.78, 5) is 0. The Morgan fingerprint density at radius 1 is 1.29 bits per heavy atom. The number of aromatic nitrogens is 1. The van der Waals surface area contributed by atoms with Gasteiger partial charge in [-0.3, -0.25) is 0 Å². The topological polar surface area (TPSA) is 17.0 Å². The molecule has 0 saturated carbocycles. The lowest BCUT2D eigenvalue weighted by Gasteiger charge is -2.14. The Balaban J connectivity index is 2.28. The minimum atomic E-state index is 0.608. The van der Waals surface area contributed by atoms with Crippen molar-refractivity contribution < 1.29 is 0 Å². The van der Waals surface area contributed by atoms with Crippen molar-refractivity contribution in [3.8, 4) is 0 Å². The summed E-state index contributed by atoms with van der Waals surface area (Å²) in [7, 11) is 2.18. The van der Waals surface area contributed by atoms with Gasteiger partial charge < -0.3 is 9.88 Å². The Bertz CT molecular complexity index is 564. The van der Waals surface area contributed by atoms with Crippen molar-refractivity contribution in [3.63, 3.8) is 0 Å². The molecule has 2 heteroatoms. The fraction of sp³-hybridized carbons (Fsp3) is 0.467. The van der Waals surface area contributed by atoms with Crippen molar-refractivity contribution in [2.24, 2.45) is 7.05 Å². The molecular formula is C15H20N2. The fourth-order valence-corrected chi connectivity index (χ4v) is 2.87. The van der Waals surface area contributed by atoms with E-state index in [-0.39, 0.29) is 0 Å². The molecule has 1 aromatic carbocycles. The molecule has 17 heavy (non-hydrogen) atoms. The monoisotopic (exact) mass is 228 g/mol. The zero-order valence-electron chi connectivity index (χ0n) is 10.9. The lowest BCUT2D eigenvalue weighted by molar-refractivity contribution is 0.614. The van der Waals surface area contributed by atoms with Crippen molar-refractivity contribution in [2.45, 2.75) is 32.7 Å². The Morgan fingerprint density at radius 3 is 2.88 bits per heavy atom. The van der Waals surface area contributed by atoms with Crippen LogP contribution in [0.4, 0.5) is 0 Å². The van der Waals surface area contributed by atoms with Crippen LogP contribution in [0.15, 0.2) is 18.2 Å². The molecule has 3 rings (SSSR count). The van der Waals surface area contributed by atoms with Gasteiger partial charge in [-0.05, 0) is 42.1 Å². The first-order chi connectivity index (χ1) is 8.18. The van der Waals surface area contributed by atoms with E-state index in [9.17, 15) is 0 Å². The van der Waals surface area contributed by atoms with Gasteiger partial charge in [-0.2, -0.15) is 0 Å². The molecule has 1 aliphatic heterocycles. The van der Waals surface area contributed by atoms with Gasteiger partial charge in [0.25, 0.3) is 0 Å². The van der Waals surface area contributed by atoms with E-state index in [0.717, 1.165) is 19.5 Å². The van der Waals surface area contributed by atoms with Crippen molar-refractivity contribution in [1.29, 1.82) is 0 Å². The summed E-state index contributed by atoms with van der Waals surface area (Å²) in [6.07, 6.45) is 1.16. The van der Waals surface area contributed by atoms with Crippen molar-refractivity contribution in [2.75, 3.05) is 6.54 Å². The number of nitrogens with one attached hydrogen (secondary N) is 1. The molecule has 1 N–H and O–H groups in total. The Morgan fingerprint density at radius 2 is 2.12 bits per heavy atom. The number of nitrogens with zero attached hydrogens (tertiary/aromatic N) is 1. The number of hydrogen-bond donors (Lipinski definition) is 1. The molecule has 0 bridgehead atoms. The molecule has 1 aromatic heterocycles. The molecule has 0 amide bonds. The van der Waals surface area contributed by atoms with E-state index in [4.69, 9.17) is 0 Å². The number of aryl methyl sites for hydroxylation is 1. The summed E-state index contributed by atoms with van der Waals surface area (Å²) in [6.45, 7) is 6.64. The van der Waals surface area contributed by atoms with Gasteiger partial charge in [0.15, 0.2) is 0 Å². The van der Waals surface area contributed by atoms with E-state index in [0.29, 0.717) is 5.92 Å². The smallest absolute Gasteiger partial charge is 0.0483 e. The third kappa shape index (κ3) is 1.59. The summed E-state index contributed by atoms with van der Waals surface area (Å²) < 4.78 is 2.35. The van der Waals surface area contributed by atoms with Crippen LogP contribution in [0.2, 0.25) is 0 Å². The predicted molar refractivity (Wildman–Crippen MR) is 72.4 cm³/mol. The maximum atomic E-state index is 3.46. The van der Waals surface area contributed by atoms with Crippen molar-refractivity contribution >= 4 is 10.9 Å². The zero-order valence-corrected chi connectivity index (χ0v) is 10.9. The lowest BCUT2D eigenvalue weighted by Crippen LogP contribution is -2.24. The summed E-state index contributed by atoms with van der Waals surface area (Å²) in [5.74, 6) is 0.608. The van der Waals surface area contributed by atoms with Crippen molar-refractivity contribution in [1.82, 2.24) is 9.88 Å². The van der Waals surface area contributed by atoms with E-state index in [1.807, 2.05) is 0 Å². The number of rotatable bonds is 1. The summed E-state index contributed by atoms with van der Waals surface area (Å²) in [6, 6.07) is 6.94. The Labute approximate surface area is 103 Å². The first kappa shape index (κ1) is 10.8. The molecule has 0 radical (unpaired) electrons. The van der Waals surface area contributed by atoms with E-state index < -0.39 is 0 Å². The Hall–Kier alpha value is -1.28. The van der Waals surface area contributed by atoms with Crippen LogP contribution in [0, 0.1) is 0 Å². The molecule has 90 valence electrons. The number of hydrogen-bond acceptors (Lipinski definition) is 1. The maximum absolute atomic E-state index is 3.46. The standard InChI is InChI=1S/C15H20N2/c1-10(2)11-4-5-14-13(8-11)12-6-7-16-9-15(12)17(14)3/h4-5,8,10,16H,6-7,9H2,1-3H3. The Kier molecular flexibility index (Phi) is 2.48. The second kappa shape index (κ2) is 3.88. The molecule has 0 saturated heterocycles. The summed E-state index contributed by atoms with van der Waals surface area (Å²) >= 11 is 0. The fourth-order valence-electron chi connectivity index (χ4n) is 2.87. The van der Waals surface area contributed by atoms with Gasteiger partial charge in [-0.1, -0.05) is 19.9 Å². The normalized spacial score (nSPS) is 15.5. The second-order valence-corrected chi connectivity index (χ2v) is 5.34. The molecule has 0 aliphatic carbocycles. The lowest BCUT2D eigenvalue weighted by atomic mass is 9.98. The molecule has 0 unspecified atom stereocenters. The van der Waals surface area contributed by atoms with Crippen LogP contribution in [0.1, 0.15) is 36.6 Å². The van der Waals surface area contributed by atoms with Crippen LogP contribution in [0.5, 0.6) is 0 Å². The minimum absolute atomic E-state index is 0.608. The summed E-state index contributed by atoms with van der Waals surface area (Å²) in [5.41, 5.74) is 5.85. The quantitative estimate of drug-likeness (QED) is 0.794. The van der Waals surface area contributed by atoms with E-state index in [1.165, 1.54) is 22.2 Å². The highest BCUT2D eigenvalue weighted by Gasteiger charge is 2.18. The van der Waals surface area contributed by atoms with Gasteiger partial charge >= 0.3 is 0 Å². The SMILES string of the molecule is CC(C)c1ccc2c(c1)c1c(n2C)CNCC1. The highest BCUT2D eigenvalue weighted by atomic mass is 15.0. The molecule has 1 aliphatic rings. The minimum Gasteiger partial charge on any atom is -0.346 e. The number of fused-ring (bicyclic) bond motifs is 3. The van der Waals surface area contributed by atoms with Gasteiger partial charge in [0, 0.05) is 30.2 Å². The number of benzene rings is 1. The molecular weight excluding hydrogens is 208 g/mol. The third-order valence-corrected chi connectivity index (χ3v) is 3.97. The highest BCUT2D eigenvalue weighted by molar-refractivity contribution is 5.86. The average molecular weight is 228 g/mol. The van der Waals surface area contributed by atoms with Gasteiger partial charge in [0.1, 0.15) is 0 Å². The van der Waals surface area contributed by atoms with Gasteiger partial charge in [0.2, 0.25) is 0 Å². The van der Waals surface area contributed by atoms with Crippen LogP contribution in [-0.4, -0.2) is 11.1 Å². The highest BCUT2D eigenvalue weighted by Crippen LogP contribution is 2.30. The largest absolute Gasteiger partial charge is 0.346 e. The second-order valence-electron chi connectivity index (χ2n) is 5.34. The zero-order chi connectivity index (χ0) is 12.0. The third-order valence-electron chi connectivity index (χ3n) is 3.97. The van der Waals surface area contributed by atoms with E-state index in [2.05, 4.69) is 49.0 Å². The summed E-state index contributed by atoms with van der Waals surface area (Å²) in [5, 5.41) is 4.93. The van der Waals surface area contributed by atoms with Crippen LogP contribution in [-0.2, 0) is 20.0 Å². The molecule has 2 aromatic rings. The van der Waals surface area contributed by atoms with E-state index in [1.54, 1.807) is 5.56 Å². The molecule has 0 fully saturated rings. The van der Waals surface area contributed by atoms with E-state index >= 15 is 0 Å². The molecule has 0 atom stereocenters. The first-order valence-electron chi connectivity index (χ1n) is 6.49. The van der Waals surface area contributed by atoms with Crippen molar-refractivity contribution in [3.05, 3.63) is 35.0 Å². The van der Waals surface area contributed by atoms with Gasteiger partial charge in [-0.25, -0.2) is 0 Å². The van der Waals surface area contributed by atoms with Crippen LogP contribution in [0.3, 0.4) is 0 Å².